The second-order valence-corrected chi connectivity index (χ2v) is 11.3. The molecule has 9 heteroatoms. The molecule has 4 rings (SSSR count). The van der Waals surface area contributed by atoms with Crippen LogP contribution in [0.2, 0.25) is 0 Å². The first-order valence-electron chi connectivity index (χ1n) is 12.5. The van der Waals surface area contributed by atoms with Gasteiger partial charge in [-0.15, -0.1) is 0 Å². The zero-order valence-corrected chi connectivity index (χ0v) is 23.4. The number of amides is 1. The first-order valence-corrected chi connectivity index (χ1v) is 14.0. The third kappa shape index (κ3) is 6.80. The number of benzene rings is 2. The fourth-order valence-electron chi connectivity index (χ4n) is 4.00. The smallest absolute Gasteiger partial charge is 0.281 e. The van der Waals surface area contributed by atoms with Crippen molar-refractivity contribution in [3.05, 3.63) is 95.2 Å². The Morgan fingerprint density at radius 1 is 0.949 bits per heavy atom. The summed E-state index contributed by atoms with van der Waals surface area (Å²) in [7, 11) is -4.21. The second kappa shape index (κ2) is 11.7. The number of sulfonamides is 1. The summed E-state index contributed by atoms with van der Waals surface area (Å²) in [6, 6.07) is 19.0. The van der Waals surface area contributed by atoms with Crippen molar-refractivity contribution in [2.75, 3.05) is 6.61 Å². The van der Waals surface area contributed by atoms with Crippen molar-refractivity contribution in [1.29, 1.82) is 0 Å². The summed E-state index contributed by atoms with van der Waals surface area (Å²) >= 11 is 0. The minimum absolute atomic E-state index is 0.0172. The van der Waals surface area contributed by atoms with Gasteiger partial charge in [0.1, 0.15) is 17.1 Å². The number of aryl methyl sites for hydroxylation is 3. The molecule has 0 saturated carbocycles. The highest BCUT2D eigenvalue weighted by Gasteiger charge is 2.24. The molecule has 0 aliphatic carbocycles. The Hall–Kier alpha value is -4.24. The molecular formula is C30H31N3O5S. The van der Waals surface area contributed by atoms with Crippen LogP contribution in [0, 0.1) is 26.7 Å². The Morgan fingerprint density at radius 2 is 1.64 bits per heavy atom. The van der Waals surface area contributed by atoms with E-state index in [1.807, 2.05) is 57.2 Å². The van der Waals surface area contributed by atoms with Crippen molar-refractivity contribution in [3.8, 4) is 28.6 Å². The van der Waals surface area contributed by atoms with Gasteiger partial charge in [0.15, 0.2) is 5.03 Å². The third-order valence-corrected chi connectivity index (χ3v) is 7.03. The first-order chi connectivity index (χ1) is 18.5. The molecule has 0 bridgehead atoms. The molecule has 0 saturated heterocycles. The Bertz CT molecular complexity index is 1560. The second-order valence-electron chi connectivity index (χ2n) is 9.71. The fourth-order valence-corrected chi connectivity index (χ4v) is 4.91. The van der Waals surface area contributed by atoms with Gasteiger partial charge in [0.05, 0.1) is 12.3 Å². The number of ether oxygens (including phenoxy) is 2. The minimum Gasteiger partial charge on any atom is -0.493 e. The molecule has 0 unspecified atom stereocenters. The molecule has 1 amide bonds. The lowest BCUT2D eigenvalue weighted by Crippen LogP contribution is -2.31. The average molecular weight is 546 g/mol. The number of rotatable bonds is 9. The summed E-state index contributed by atoms with van der Waals surface area (Å²) in [6.45, 7) is 10.6. The Balaban J connectivity index is 1.72. The van der Waals surface area contributed by atoms with E-state index in [-0.39, 0.29) is 16.5 Å². The summed E-state index contributed by atoms with van der Waals surface area (Å²) in [6.07, 6.45) is 1.34. The molecule has 1 N–H and O–H groups in total. The van der Waals surface area contributed by atoms with Crippen LogP contribution in [-0.2, 0) is 10.0 Å². The van der Waals surface area contributed by atoms with Crippen molar-refractivity contribution in [3.63, 3.8) is 0 Å². The lowest BCUT2D eigenvalue weighted by Gasteiger charge is -2.16. The predicted molar refractivity (Wildman–Crippen MR) is 150 cm³/mol. The quantitative estimate of drug-likeness (QED) is 0.274. The van der Waals surface area contributed by atoms with Crippen LogP contribution in [0.5, 0.6) is 17.4 Å². The number of nitrogens with one attached hydrogen (secondary N) is 1. The van der Waals surface area contributed by atoms with Crippen LogP contribution >= 0.6 is 0 Å². The molecule has 39 heavy (non-hydrogen) atoms. The molecule has 8 nitrogen and oxygen atoms in total. The van der Waals surface area contributed by atoms with E-state index in [1.165, 1.54) is 24.4 Å². The minimum atomic E-state index is -4.21. The van der Waals surface area contributed by atoms with E-state index in [2.05, 4.69) is 28.5 Å². The fraction of sp³-hybridized carbons (Fsp3) is 0.233. The summed E-state index contributed by atoms with van der Waals surface area (Å²) in [4.78, 5) is 21.7. The largest absolute Gasteiger partial charge is 0.493 e. The standard InChI is InChI=1S/C30H31N3O5S/c1-19(2)18-37-24-11-9-23(10-12-24)26-14-13-25(29(34)33-39(35,36)27-8-6-7-15-31-27)30(32-26)38-28-21(4)16-20(3)17-22(28)5/h6-17,19H,18H2,1-5H3,(H,33,34). The van der Waals surface area contributed by atoms with Crippen molar-refractivity contribution < 1.29 is 22.7 Å². The maximum absolute atomic E-state index is 13.2. The van der Waals surface area contributed by atoms with Gasteiger partial charge in [-0.25, -0.2) is 14.7 Å². The van der Waals surface area contributed by atoms with Gasteiger partial charge >= 0.3 is 0 Å². The number of carbonyl (C=O) groups excluding carboxylic acids is 1. The lowest BCUT2D eigenvalue weighted by molar-refractivity contribution is 0.0978. The van der Waals surface area contributed by atoms with Crippen LogP contribution in [-0.4, -0.2) is 30.9 Å². The van der Waals surface area contributed by atoms with Crippen molar-refractivity contribution >= 4 is 15.9 Å². The molecule has 0 aliphatic heterocycles. The summed E-state index contributed by atoms with van der Waals surface area (Å²) < 4.78 is 39.6. The zero-order valence-electron chi connectivity index (χ0n) is 22.6. The highest BCUT2D eigenvalue weighted by Crippen LogP contribution is 2.33. The third-order valence-electron chi connectivity index (χ3n) is 5.78. The molecule has 0 radical (unpaired) electrons. The normalized spacial score (nSPS) is 11.3. The number of carbonyl (C=O) groups is 1. The number of pyridine rings is 2. The van der Waals surface area contributed by atoms with Crippen LogP contribution in [0.1, 0.15) is 40.9 Å². The molecule has 202 valence electrons. The van der Waals surface area contributed by atoms with E-state index >= 15 is 0 Å². The monoisotopic (exact) mass is 545 g/mol. The van der Waals surface area contributed by atoms with Crippen LogP contribution in [0.25, 0.3) is 11.3 Å². The van der Waals surface area contributed by atoms with Crippen LogP contribution < -0.4 is 14.2 Å². The number of nitrogens with zero attached hydrogens (tertiary/aromatic N) is 2. The predicted octanol–water partition coefficient (Wildman–Crippen LogP) is 6.01. The molecule has 2 aromatic carbocycles. The van der Waals surface area contributed by atoms with Crippen LogP contribution in [0.3, 0.4) is 0 Å². The lowest BCUT2D eigenvalue weighted by atomic mass is 10.1. The average Bonchev–Trinajstić information content (AvgIpc) is 2.90. The number of aromatic nitrogens is 2. The maximum Gasteiger partial charge on any atom is 0.281 e. The van der Waals surface area contributed by atoms with E-state index in [0.717, 1.165) is 28.0 Å². The van der Waals surface area contributed by atoms with Gasteiger partial charge < -0.3 is 9.47 Å². The van der Waals surface area contributed by atoms with Gasteiger partial charge in [-0.3, -0.25) is 4.79 Å². The van der Waals surface area contributed by atoms with Gasteiger partial charge in [-0.05, 0) is 86.3 Å². The Morgan fingerprint density at radius 3 is 2.26 bits per heavy atom. The molecular weight excluding hydrogens is 514 g/mol. The molecule has 2 aromatic heterocycles. The van der Waals surface area contributed by atoms with Gasteiger partial charge in [0.25, 0.3) is 15.9 Å². The SMILES string of the molecule is Cc1cc(C)c(Oc2nc(-c3ccc(OCC(C)C)cc3)ccc2C(=O)NS(=O)(=O)c2ccccn2)c(C)c1. The van der Waals surface area contributed by atoms with Gasteiger partial charge in [-0.2, -0.15) is 8.42 Å². The molecule has 2 heterocycles. The van der Waals surface area contributed by atoms with E-state index < -0.39 is 15.9 Å². The van der Waals surface area contributed by atoms with Crippen molar-refractivity contribution in [1.82, 2.24) is 14.7 Å². The zero-order chi connectivity index (χ0) is 28.2. The molecule has 0 spiro atoms. The topological polar surface area (TPSA) is 107 Å². The number of hydrogen-bond acceptors (Lipinski definition) is 7. The summed E-state index contributed by atoms with van der Waals surface area (Å²) in [5, 5.41) is -0.268. The van der Waals surface area contributed by atoms with Crippen LogP contribution in [0.15, 0.2) is 78.0 Å². The molecule has 0 atom stereocenters. The Kier molecular flexibility index (Phi) is 8.30. The van der Waals surface area contributed by atoms with E-state index in [1.54, 1.807) is 12.1 Å². The van der Waals surface area contributed by atoms with Gasteiger partial charge in [0, 0.05) is 11.8 Å². The van der Waals surface area contributed by atoms with Gasteiger partial charge in [-0.1, -0.05) is 37.6 Å². The van der Waals surface area contributed by atoms with Crippen molar-refractivity contribution in [2.24, 2.45) is 5.92 Å². The van der Waals surface area contributed by atoms with E-state index in [9.17, 15) is 13.2 Å². The molecule has 0 aliphatic rings. The maximum atomic E-state index is 13.2. The Labute approximate surface area is 229 Å². The van der Waals surface area contributed by atoms with Crippen LogP contribution in [0.4, 0.5) is 0 Å². The molecule has 0 fully saturated rings. The molecule has 4 aromatic rings. The highest BCUT2D eigenvalue weighted by atomic mass is 32.2. The summed E-state index contributed by atoms with van der Waals surface area (Å²) in [5.41, 5.74) is 4.08. The first kappa shape index (κ1) is 27.8. The number of hydrogen-bond donors (Lipinski definition) is 1. The van der Waals surface area contributed by atoms with E-state index in [4.69, 9.17) is 9.47 Å². The van der Waals surface area contributed by atoms with E-state index in [0.29, 0.717) is 24.0 Å². The van der Waals surface area contributed by atoms with Crippen molar-refractivity contribution in [2.45, 2.75) is 39.6 Å². The van der Waals surface area contributed by atoms with Gasteiger partial charge in [0.2, 0.25) is 5.88 Å². The highest BCUT2D eigenvalue weighted by molar-refractivity contribution is 7.90. The summed E-state index contributed by atoms with van der Waals surface area (Å²) in [5.74, 6) is 0.792.